The first-order valence-electron chi connectivity index (χ1n) is 36.4. The Morgan fingerprint density at radius 3 is 0.963 bits per heavy atom. The van der Waals surface area contributed by atoms with Gasteiger partial charge in [0.25, 0.3) is 0 Å². The SMILES string of the molecule is Cn1c2ccc(-c3ccc4c(c3)Sc3cc(CN5c6ccc(-c7ccc8c(c7)Sc7ccccc7N8c7ccccc7)cc6Sc6cc(-c7ccc8c(c7)c7ccccc7n8-c7ccccc7)ccc65)ccc3N4c3ccccc3)cc2c2cc(-c3ccc4c(c3)c3ccccc3n4-c3ccccc3)ccc21. The Bertz CT molecular complexity index is 6860. The quantitative estimate of drug-likeness (QED) is 0.135. The molecule has 0 N–H and O–H groups in total. The zero-order chi connectivity index (χ0) is 70.4. The third kappa shape index (κ3) is 10.1. The lowest BCUT2D eigenvalue weighted by Crippen LogP contribution is -2.21. The summed E-state index contributed by atoms with van der Waals surface area (Å²) in [7, 11) is 2.20. The van der Waals surface area contributed by atoms with Gasteiger partial charge in [-0.2, -0.15) is 0 Å². The zero-order valence-electron chi connectivity index (χ0n) is 58.2. The lowest BCUT2D eigenvalue weighted by Gasteiger charge is -2.35. The molecule has 3 aliphatic rings. The number of benzene rings is 16. The van der Waals surface area contributed by atoms with Crippen LogP contribution in [0.5, 0.6) is 0 Å². The monoisotopic (exact) mass is 1420 g/mol. The van der Waals surface area contributed by atoms with E-state index in [1.807, 2.05) is 35.3 Å². The summed E-state index contributed by atoms with van der Waals surface area (Å²) in [4.78, 5) is 14.8. The van der Waals surface area contributed by atoms with E-state index in [1.54, 1.807) is 0 Å². The van der Waals surface area contributed by atoms with Gasteiger partial charge in [0.05, 0.1) is 56.2 Å². The molecule has 0 spiro atoms. The van der Waals surface area contributed by atoms with E-state index >= 15 is 0 Å². The second-order valence-electron chi connectivity index (χ2n) is 28.1. The van der Waals surface area contributed by atoms with Crippen molar-refractivity contribution >= 4 is 146 Å². The normalized spacial score (nSPS) is 13.0. The van der Waals surface area contributed by atoms with E-state index in [0.29, 0.717) is 6.54 Å². The Kier molecular flexibility index (Phi) is 14.3. The molecular formula is C98H64N6S3. The predicted molar refractivity (Wildman–Crippen MR) is 451 cm³/mol. The summed E-state index contributed by atoms with van der Waals surface area (Å²) < 4.78 is 7.13. The Morgan fingerprint density at radius 1 is 0.215 bits per heavy atom. The largest absolute Gasteiger partial charge is 0.344 e. The summed E-state index contributed by atoms with van der Waals surface area (Å²) in [5, 5.41) is 7.47. The molecular weight excluding hydrogens is 1360 g/mol. The maximum Gasteiger partial charge on any atom is 0.0602 e. The fourth-order valence-corrected chi connectivity index (χ4v) is 20.4. The van der Waals surface area contributed by atoms with Crippen LogP contribution >= 0.6 is 35.3 Å². The number of hydrogen-bond acceptors (Lipinski definition) is 6. The van der Waals surface area contributed by atoms with Gasteiger partial charge in [0.2, 0.25) is 0 Å². The van der Waals surface area contributed by atoms with Crippen molar-refractivity contribution in [2.45, 2.75) is 35.9 Å². The Hall–Kier alpha value is -12.6. The van der Waals surface area contributed by atoms with Gasteiger partial charge in [0.15, 0.2) is 0 Å². The van der Waals surface area contributed by atoms with Crippen molar-refractivity contribution in [1.29, 1.82) is 0 Å². The maximum absolute atomic E-state index is 2.57. The van der Waals surface area contributed by atoms with Gasteiger partial charge in [0, 0.05) is 109 Å². The zero-order valence-corrected chi connectivity index (χ0v) is 60.6. The summed E-state index contributed by atoms with van der Waals surface area (Å²) in [6.07, 6.45) is 0. The van der Waals surface area contributed by atoms with Crippen LogP contribution in [0.2, 0.25) is 0 Å². The second-order valence-corrected chi connectivity index (χ2v) is 31.3. The van der Waals surface area contributed by atoms with E-state index in [1.165, 1.54) is 179 Å². The van der Waals surface area contributed by atoms with Crippen LogP contribution in [0.1, 0.15) is 5.56 Å². The molecule has 0 unspecified atom stereocenters. The van der Waals surface area contributed by atoms with Crippen molar-refractivity contribution in [2.24, 2.45) is 7.05 Å². The highest BCUT2D eigenvalue weighted by atomic mass is 32.2. The van der Waals surface area contributed by atoms with E-state index in [0.717, 1.165) is 22.7 Å². The smallest absolute Gasteiger partial charge is 0.0602 e. The lowest BCUT2D eigenvalue weighted by molar-refractivity contribution is 0.933. The van der Waals surface area contributed by atoms with Crippen LogP contribution in [0.15, 0.2) is 387 Å². The molecule has 9 heteroatoms. The van der Waals surface area contributed by atoms with E-state index < -0.39 is 0 Å². The highest BCUT2D eigenvalue weighted by Crippen LogP contribution is 2.57. The average Bonchev–Trinajstić information content (AvgIpc) is 1.71. The molecule has 6 nitrogen and oxygen atoms in total. The summed E-state index contributed by atoms with van der Waals surface area (Å²) >= 11 is 5.61. The highest BCUT2D eigenvalue weighted by Gasteiger charge is 2.31. The number of rotatable bonds is 10. The summed E-state index contributed by atoms with van der Waals surface area (Å²) in [5.74, 6) is 0. The van der Waals surface area contributed by atoms with Crippen LogP contribution in [0.4, 0.5) is 45.5 Å². The molecule has 3 aromatic heterocycles. The predicted octanol–water partition coefficient (Wildman–Crippen LogP) is 27.9. The van der Waals surface area contributed by atoms with Gasteiger partial charge in [-0.1, -0.05) is 211 Å². The van der Waals surface area contributed by atoms with Gasteiger partial charge in [-0.15, -0.1) is 0 Å². The van der Waals surface area contributed by atoms with Gasteiger partial charge in [-0.25, -0.2) is 0 Å². The van der Waals surface area contributed by atoms with Gasteiger partial charge >= 0.3 is 0 Å². The molecule has 0 atom stereocenters. The third-order valence-corrected chi connectivity index (χ3v) is 25.3. The molecule has 16 aromatic carbocycles. The highest BCUT2D eigenvalue weighted by molar-refractivity contribution is 8.00. The molecule has 0 saturated carbocycles. The molecule has 19 aromatic rings. The average molecular weight is 1420 g/mol. The van der Waals surface area contributed by atoms with E-state index in [-0.39, 0.29) is 0 Å². The van der Waals surface area contributed by atoms with Crippen molar-refractivity contribution in [1.82, 2.24) is 13.7 Å². The van der Waals surface area contributed by atoms with E-state index in [2.05, 4.69) is 393 Å². The molecule has 0 fully saturated rings. The number of aromatic nitrogens is 3. The first-order valence-corrected chi connectivity index (χ1v) is 38.9. The first-order chi connectivity index (χ1) is 52.9. The molecule has 22 rings (SSSR count). The molecule has 0 aliphatic carbocycles. The fourth-order valence-electron chi connectivity index (χ4n) is 17.0. The standard InChI is InChI=1S/C98H64N6S3/c1-99-81-44-35-63(64-37-46-85-77(53-64)75-28-14-16-30-83(75)101(85)71-20-6-2-7-21-71)55-79(81)80-56-65(36-45-82(80)99)68-41-50-92-98(59-68)106-94-52-62(34-43-90(94)104(92)74-26-12-5-13-27-74)61-100-87-48-39-67(66-38-47-86-78(54-66)76-29-15-17-31-84(76)102(86)72-22-8-3-9-23-72)57-95(87)107-96-58-69(40-49-88(96)100)70-42-51-91-97(60-70)105-93-33-19-18-32-89(93)103(91)73-24-10-4-11-25-73/h2-60H,61H2,1H3. The van der Waals surface area contributed by atoms with Gasteiger partial charge in [-0.05, 0) is 232 Å². The minimum absolute atomic E-state index is 0.667. The van der Waals surface area contributed by atoms with Gasteiger partial charge in [-0.3, -0.25) is 0 Å². The summed E-state index contributed by atoms with van der Waals surface area (Å²) in [6, 6.07) is 133. The molecule has 0 radical (unpaired) electrons. The molecule has 0 saturated heterocycles. The van der Waals surface area contributed by atoms with Crippen LogP contribution < -0.4 is 14.7 Å². The van der Waals surface area contributed by atoms with Crippen molar-refractivity contribution < 1.29 is 0 Å². The molecule has 3 aliphatic heterocycles. The van der Waals surface area contributed by atoms with Crippen LogP contribution in [-0.4, -0.2) is 13.7 Å². The van der Waals surface area contributed by atoms with E-state index in [4.69, 9.17) is 0 Å². The number of aryl methyl sites for hydroxylation is 1. The Labute approximate surface area is 632 Å². The topological polar surface area (TPSA) is 24.5 Å². The molecule has 0 amide bonds. The van der Waals surface area contributed by atoms with Crippen molar-refractivity contribution in [3.05, 3.63) is 363 Å². The van der Waals surface area contributed by atoms with Crippen LogP contribution in [-0.2, 0) is 13.6 Å². The molecule has 0 bridgehead atoms. The Balaban J connectivity index is 0.627. The van der Waals surface area contributed by atoms with Crippen LogP contribution in [0.25, 0.3) is 121 Å². The number of anilines is 8. The first kappa shape index (κ1) is 61.8. The Morgan fingerprint density at radius 2 is 0.514 bits per heavy atom. The minimum Gasteiger partial charge on any atom is -0.344 e. The van der Waals surface area contributed by atoms with E-state index in [9.17, 15) is 0 Å². The van der Waals surface area contributed by atoms with Crippen LogP contribution in [0, 0.1) is 0 Å². The van der Waals surface area contributed by atoms with Crippen molar-refractivity contribution in [2.75, 3.05) is 14.7 Å². The van der Waals surface area contributed by atoms with Gasteiger partial charge in [0.1, 0.15) is 0 Å². The summed E-state index contributed by atoms with van der Waals surface area (Å²) in [6.45, 7) is 0.667. The number of para-hydroxylation sites is 7. The third-order valence-electron chi connectivity index (χ3n) is 22.0. The molecule has 107 heavy (non-hydrogen) atoms. The van der Waals surface area contributed by atoms with Crippen molar-refractivity contribution in [3.63, 3.8) is 0 Å². The van der Waals surface area contributed by atoms with Crippen LogP contribution in [0.3, 0.4) is 0 Å². The van der Waals surface area contributed by atoms with Gasteiger partial charge < -0.3 is 28.4 Å². The fraction of sp³-hybridized carbons (Fsp3) is 0.0204. The minimum atomic E-state index is 0.667. The second kappa shape index (κ2) is 24.8. The number of fused-ring (bicyclic) bond motifs is 15. The van der Waals surface area contributed by atoms with Crippen molar-refractivity contribution in [3.8, 4) is 55.9 Å². The molecule has 504 valence electrons. The maximum atomic E-state index is 2.57. The molecule has 6 heterocycles. The lowest BCUT2D eigenvalue weighted by atomic mass is 9.99. The summed E-state index contributed by atoms with van der Waals surface area (Å²) in [5.41, 5.74) is 29.7. The number of hydrogen-bond donors (Lipinski definition) is 0. The number of nitrogens with zero attached hydrogens (tertiary/aromatic N) is 6.